The van der Waals surface area contributed by atoms with Gasteiger partial charge in [-0.15, -0.1) is 5.10 Å². The fourth-order valence-corrected chi connectivity index (χ4v) is 3.79. The summed E-state index contributed by atoms with van der Waals surface area (Å²) in [6.45, 7) is 4.50. The molecule has 3 heterocycles. The largest absolute Gasteiger partial charge is 0.381 e. The zero-order valence-corrected chi connectivity index (χ0v) is 14.1. The second-order valence-electron chi connectivity index (χ2n) is 6.93. The molecule has 2 saturated heterocycles. The van der Waals surface area contributed by atoms with Gasteiger partial charge < -0.3 is 9.64 Å². The number of carbonyl (C=O) groups excluding carboxylic acids is 1. The molecule has 1 aromatic carbocycles. The zero-order valence-electron chi connectivity index (χ0n) is 14.1. The van der Waals surface area contributed by atoms with Gasteiger partial charge in [-0.1, -0.05) is 0 Å². The number of halogens is 1. The molecule has 0 bridgehead atoms. The maximum Gasteiger partial charge on any atom is 0.256 e. The number of hydrogen-bond donors (Lipinski definition) is 0. The summed E-state index contributed by atoms with van der Waals surface area (Å²) in [4.78, 5) is 14.5. The fraction of sp³-hybridized carbons (Fsp3) is 0.529. The van der Waals surface area contributed by atoms with Crippen LogP contribution in [0.5, 0.6) is 0 Å². The summed E-state index contributed by atoms with van der Waals surface area (Å²) >= 11 is 0. The first-order chi connectivity index (χ1) is 12.1. The number of hydrogen-bond acceptors (Lipinski definition) is 5. The van der Waals surface area contributed by atoms with Crippen molar-refractivity contribution in [2.75, 3.05) is 26.3 Å². The molecule has 0 aliphatic carbocycles. The van der Waals surface area contributed by atoms with E-state index in [2.05, 4.69) is 15.5 Å². The minimum absolute atomic E-state index is 0.0494. The SMILES string of the molecule is Cc1nnnn1-c1ccc(C(=O)N2CCC3(CCCOC3)C2)c(F)c1. The topological polar surface area (TPSA) is 73.1 Å². The van der Waals surface area contributed by atoms with E-state index in [-0.39, 0.29) is 16.9 Å². The lowest BCUT2D eigenvalue weighted by Crippen LogP contribution is -2.37. The summed E-state index contributed by atoms with van der Waals surface area (Å²) in [7, 11) is 0. The van der Waals surface area contributed by atoms with Gasteiger partial charge in [0.2, 0.25) is 0 Å². The average Bonchev–Trinajstić information content (AvgIpc) is 3.22. The molecule has 1 unspecified atom stereocenters. The van der Waals surface area contributed by atoms with Gasteiger partial charge in [0.15, 0.2) is 5.82 Å². The van der Waals surface area contributed by atoms with Gasteiger partial charge in [-0.05, 0) is 48.7 Å². The lowest BCUT2D eigenvalue weighted by molar-refractivity contribution is -0.00162. The molecule has 2 aliphatic rings. The lowest BCUT2D eigenvalue weighted by atomic mass is 9.82. The Morgan fingerprint density at radius 2 is 2.24 bits per heavy atom. The van der Waals surface area contributed by atoms with Crippen LogP contribution in [-0.2, 0) is 4.74 Å². The highest BCUT2D eigenvalue weighted by Gasteiger charge is 2.41. The highest BCUT2D eigenvalue weighted by molar-refractivity contribution is 5.95. The Kier molecular flexibility index (Phi) is 3.99. The molecule has 25 heavy (non-hydrogen) atoms. The number of aryl methyl sites for hydroxylation is 1. The second-order valence-corrected chi connectivity index (χ2v) is 6.93. The Morgan fingerprint density at radius 1 is 1.36 bits per heavy atom. The molecule has 1 atom stereocenters. The first-order valence-corrected chi connectivity index (χ1v) is 8.50. The van der Waals surface area contributed by atoms with Crippen molar-refractivity contribution >= 4 is 5.91 Å². The van der Waals surface area contributed by atoms with Gasteiger partial charge in [0.25, 0.3) is 5.91 Å². The van der Waals surface area contributed by atoms with Crippen molar-refractivity contribution in [2.45, 2.75) is 26.2 Å². The molecule has 1 amide bonds. The van der Waals surface area contributed by atoms with Crippen LogP contribution in [0.2, 0.25) is 0 Å². The van der Waals surface area contributed by atoms with Crippen LogP contribution in [0, 0.1) is 18.2 Å². The van der Waals surface area contributed by atoms with Crippen LogP contribution >= 0.6 is 0 Å². The van der Waals surface area contributed by atoms with Crippen molar-refractivity contribution in [3.8, 4) is 5.69 Å². The van der Waals surface area contributed by atoms with Crippen molar-refractivity contribution in [3.05, 3.63) is 35.4 Å². The number of nitrogens with zero attached hydrogens (tertiary/aromatic N) is 5. The van der Waals surface area contributed by atoms with E-state index in [0.29, 0.717) is 31.2 Å². The molecule has 1 spiro atoms. The second kappa shape index (κ2) is 6.18. The highest BCUT2D eigenvalue weighted by atomic mass is 19.1. The van der Waals surface area contributed by atoms with Crippen molar-refractivity contribution in [1.82, 2.24) is 25.1 Å². The smallest absolute Gasteiger partial charge is 0.256 e. The standard InChI is InChI=1S/C17H20FN5O2/c1-12-19-20-21-23(12)13-3-4-14(15(18)9-13)16(24)22-7-6-17(10-22)5-2-8-25-11-17/h3-4,9H,2,5-8,10-11H2,1H3. The molecule has 8 heteroatoms. The van der Waals surface area contributed by atoms with Gasteiger partial charge in [-0.2, -0.15) is 4.68 Å². The minimum Gasteiger partial charge on any atom is -0.381 e. The van der Waals surface area contributed by atoms with E-state index < -0.39 is 5.82 Å². The van der Waals surface area contributed by atoms with E-state index in [4.69, 9.17) is 4.74 Å². The van der Waals surface area contributed by atoms with Crippen LogP contribution in [0.4, 0.5) is 4.39 Å². The van der Waals surface area contributed by atoms with Crippen molar-refractivity contribution in [3.63, 3.8) is 0 Å². The summed E-state index contributed by atoms with van der Waals surface area (Å²) < 4.78 is 21.6. The van der Waals surface area contributed by atoms with Crippen LogP contribution in [0.1, 0.15) is 35.4 Å². The highest BCUT2D eigenvalue weighted by Crippen LogP contribution is 2.38. The molecule has 132 valence electrons. The molecule has 4 rings (SSSR count). The minimum atomic E-state index is -0.557. The van der Waals surface area contributed by atoms with Gasteiger partial charge in [-0.3, -0.25) is 4.79 Å². The van der Waals surface area contributed by atoms with Crippen LogP contribution in [0.15, 0.2) is 18.2 Å². The molecule has 2 aromatic rings. The van der Waals surface area contributed by atoms with E-state index in [0.717, 1.165) is 25.9 Å². The first-order valence-electron chi connectivity index (χ1n) is 8.50. The van der Waals surface area contributed by atoms with E-state index in [1.54, 1.807) is 17.9 Å². The van der Waals surface area contributed by atoms with E-state index in [1.165, 1.54) is 16.8 Å². The Morgan fingerprint density at radius 3 is 2.92 bits per heavy atom. The maximum absolute atomic E-state index is 14.6. The third-order valence-electron chi connectivity index (χ3n) is 5.18. The molecule has 1 aromatic heterocycles. The number of likely N-dealkylation sites (tertiary alicyclic amines) is 1. The molecule has 0 N–H and O–H groups in total. The number of rotatable bonds is 2. The van der Waals surface area contributed by atoms with Crippen molar-refractivity contribution < 1.29 is 13.9 Å². The maximum atomic E-state index is 14.6. The van der Waals surface area contributed by atoms with E-state index in [1.807, 2.05) is 0 Å². The summed E-state index contributed by atoms with van der Waals surface area (Å²) in [6, 6.07) is 4.47. The van der Waals surface area contributed by atoms with Crippen LogP contribution in [0.25, 0.3) is 5.69 Å². The number of amides is 1. The fourth-order valence-electron chi connectivity index (χ4n) is 3.79. The third kappa shape index (κ3) is 2.90. The van der Waals surface area contributed by atoms with Gasteiger partial charge in [0.05, 0.1) is 17.9 Å². The molecular formula is C17H20FN5O2. The Bertz CT molecular complexity index is 800. The number of tetrazole rings is 1. The quantitative estimate of drug-likeness (QED) is 0.829. The van der Waals surface area contributed by atoms with Crippen molar-refractivity contribution in [2.24, 2.45) is 5.41 Å². The molecule has 2 fully saturated rings. The average molecular weight is 345 g/mol. The number of aromatic nitrogens is 4. The monoisotopic (exact) mass is 345 g/mol. The number of benzene rings is 1. The number of ether oxygens (including phenoxy) is 1. The van der Waals surface area contributed by atoms with Gasteiger partial charge in [-0.25, -0.2) is 4.39 Å². The predicted octanol–water partition coefficient (Wildman–Crippen LogP) is 1.75. The third-order valence-corrected chi connectivity index (χ3v) is 5.18. The first kappa shape index (κ1) is 16.1. The van der Waals surface area contributed by atoms with Gasteiger partial charge in [0, 0.05) is 31.2 Å². The van der Waals surface area contributed by atoms with Crippen LogP contribution in [-0.4, -0.2) is 57.3 Å². The zero-order chi connectivity index (χ0) is 17.4. The van der Waals surface area contributed by atoms with Gasteiger partial charge >= 0.3 is 0 Å². The molecule has 0 saturated carbocycles. The normalized spacial score (nSPS) is 23.4. The Labute approximate surface area is 144 Å². The summed E-state index contributed by atoms with van der Waals surface area (Å²) in [5, 5.41) is 11.1. The summed E-state index contributed by atoms with van der Waals surface area (Å²) in [6.07, 6.45) is 3.01. The molecule has 2 aliphatic heterocycles. The molecule has 7 nitrogen and oxygen atoms in total. The number of carbonyl (C=O) groups is 1. The van der Waals surface area contributed by atoms with Gasteiger partial charge in [0.1, 0.15) is 5.82 Å². The summed E-state index contributed by atoms with van der Waals surface area (Å²) in [5.41, 5.74) is 0.631. The molecule has 0 radical (unpaired) electrons. The summed E-state index contributed by atoms with van der Waals surface area (Å²) in [5.74, 6) is -0.268. The lowest BCUT2D eigenvalue weighted by Gasteiger charge is -2.33. The van der Waals surface area contributed by atoms with Crippen LogP contribution in [0.3, 0.4) is 0 Å². The predicted molar refractivity (Wildman–Crippen MR) is 86.9 cm³/mol. The van der Waals surface area contributed by atoms with Crippen molar-refractivity contribution in [1.29, 1.82) is 0 Å². The van der Waals surface area contributed by atoms with Crippen LogP contribution < -0.4 is 0 Å². The Balaban J connectivity index is 1.54. The Hall–Kier alpha value is -2.35. The van der Waals surface area contributed by atoms with E-state index >= 15 is 0 Å². The van der Waals surface area contributed by atoms with E-state index in [9.17, 15) is 9.18 Å². The molecular weight excluding hydrogens is 325 g/mol.